The van der Waals surface area contributed by atoms with Crippen LogP contribution < -0.4 is 15.4 Å². The lowest BCUT2D eigenvalue weighted by Gasteiger charge is -2.11. The maximum atomic E-state index is 12.1. The van der Waals surface area contributed by atoms with Crippen LogP contribution in [0.25, 0.3) is 0 Å². The van der Waals surface area contributed by atoms with E-state index in [2.05, 4.69) is 10.6 Å². The van der Waals surface area contributed by atoms with E-state index in [1.165, 1.54) is 0 Å². The first-order valence-electron chi connectivity index (χ1n) is 8.82. The largest absolute Gasteiger partial charge is 0.492 e. The highest BCUT2D eigenvalue weighted by molar-refractivity contribution is 6.35. The predicted octanol–water partition coefficient (Wildman–Crippen LogP) is 5.07. The molecule has 3 rings (SSSR count). The molecule has 0 atom stereocenters. The van der Waals surface area contributed by atoms with E-state index in [1.807, 2.05) is 12.1 Å². The maximum absolute atomic E-state index is 12.1. The van der Waals surface area contributed by atoms with Crippen molar-refractivity contribution in [1.29, 1.82) is 0 Å². The molecule has 27 heavy (non-hydrogen) atoms. The van der Waals surface area contributed by atoms with Gasteiger partial charge in [-0.05, 0) is 61.2 Å². The summed E-state index contributed by atoms with van der Waals surface area (Å²) < 4.78 is 5.58. The molecule has 0 aliphatic carbocycles. The molecule has 0 bridgehead atoms. The molecule has 2 aromatic rings. The van der Waals surface area contributed by atoms with Crippen molar-refractivity contribution in [3.8, 4) is 5.75 Å². The van der Waals surface area contributed by atoms with E-state index >= 15 is 0 Å². The molecule has 7 heteroatoms. The van der Waals surface area contributed by atoms with Crippen molar-refractivity contribution < 1.29 is 14.3 Å². The minimum absolute atomic E-state index is 0.0336. The quantitative estimate of drug-likeness (QED) is 0.658. The van der Waals surface area contributed by atoms with E-state index < -0.39 is 0 Å². The molecule has 1 heterocycles. The van der Waals surface area contributed by atoms with Crippen molar-refractivity contribution in [3.05, 3.63) is 52.0 Å². The summed E-state index contributed by atoms with van der Waals surface area (Å²) in [6.07, 6.45) is 3.03. The van der Waals surface area contributed by atoms with Crippen LogP contribution in [0.1, 0.15) is 31.2 Å². The normalized spacial score (nSPS) is 13.3. The summed E-state index contributed by atoms with van der Waals surface area (Å²) in [7, 11) is 0. The number of benzene rings is 2. The van der Waals surface area contributed by atoms with Crippen molar-refractivity contribution >= 4 is 46.4 Å². The topological polar surface area (TPSA) is 67.4 Å². The van der Waals surface area contributed by atoms with Crippen LogP contribution in [-0.4, -0.2) is 18.4 Å². The van der Waals surface area contributed by atoms with Crippen LogP contribution in [0, 0.1) is 0 Å². The van der Waals surface area contributed by atoms with E-state index in [0.29, 0.717) is 41.7 Å². The minimum atomic E-state index is -0.0848. The zero-order valence-corrected chi connectivity index (χ0v) is 16.2. The van der Waals surface area contributed by atoms with Gasteiger partial charge in [0.05, 0.1) is 11.6 Å². The lowest BCUT2D eigenvalue weighted by atomic mass is 10.1. The van der Waals surface area contributed by atoms with Crippen molar-refractivity contribution in [1.82, 2.24) is 0 Å². The molecule has 142 valence electrons. The number of carbonyl (C=O) groups is 2. The first kappa shape index (κ1) is 19.5. The SMILES string of the molecule is O=C(CCCOc1ccc(Cl)cc1Cl)Nc1ccc2c(c1)CCCC(=O)N2. The number of rotatable bonds is 6. The monoisotopic (exact) mass is 406 g/mol. The number of hydrogen-bond acceptors (Lipinski definition) is 3. The van der Waals surface area contributed by atoms with Gasteiger partial charge >= 0.3 is 0 Å². The zero-order chi connectivity index (χ0) is 19.2. The third kappa shape index (κ3) is 5.62. The van der Waals surface area contributed by atoms with Crippen LogP contribution in [-0.2, 0) is 16.0 Å². The number of amides is 2. The van der Waals surface area contributed by atoms with Gasteiger partial charge in [0.15, 0.2) is 0 Å². The van der Waals surface area contributed by atoms with E-state index in [4.69, 9.17) is 27.9 Å². The minimum Gasteiger partial charge on any atom is -0.492 e. The van der Waals surface area contributed by atoms with Crippen LogP contribution in [0.15, 0.2) is 36.4 Å². The average molecular weight is 407 g/mol. The number of fused-ring (bicyclic) bond motifs is 1. The van der Waals surface area contributed by atoms with Gasteiger partial charge in [-0.25, -0.2) is 0 Å². The molecule has 2 N–H and O–H groups in total. The fraction of sp³-hybridized carbons (Fsp3) is 0.300. The zero-order valence-electron chi connectivity index (χ0n) is 14.7. The van der Waals surface area contributed by atoms with Gasteiger partial charge in [0, 0.05) is 29.2 Å². The first-order chi connectivity index (χ1) is 13.0. The lowest BCUT2D eigenvalue weighted by Crippen LogP contribution is -2.13. The highest BCUT2D eigenvalue weighted by atomic mass is 35.5. The Morgan fingerprint density at radius 2 is 2.00 bits per heavy atom. The molecule has 0 spiro atoms. The number of anilines is 2. The number of carbonyl (C=O) groups excluding carboxylic acids is 2. The molecule has 0 saturated carbocycles. The van der Waals surface area contributed by atoms with Crippen LogP contribution in [0.5, 0.6) is 5.75 Å². The van der Waals surface area contributed by atoms with Gasteiger partial charge in [-0.2, -0.15) is 0 Å². The van der Waals surface area contributed by atoms with E-state index in [0.717, 1.165) is 29.8 Å². The summed E-state index contributed by atoms with van der Waals surface area (Å²) in [5.41, 5.74) is 2.60. The molecular formula is C20H20Cl2N2O3. The summed E-state index contributed by atoms with van der Waals surface area (Å²) >= 11 is 11.9. The molecule has 0 unspecified atom stereocenters. The molecule has 2 amide bonds. The first-order valence-corrected chi connectivity index (χ1v) is 9.57. The molecule has 1 aliphatic heterocycles. The molecule has 0 aromatic heterocycles. The highest BCUT2D eigenvalue weighted by Gasteiger charge is 2.13. The lowest BCUT2D eigenvalue weighted by molar-refractivity contribution is -0.117. The Kier molecular flexibility index (Phi) is 6.58. The summed E-state index contributed by atoms with van der Waals surface area (Å²) in [5.74, 6) is 0.499. The van der Waals surface area contributed by atoms with Gasteiger partial charge < -0.3 is 15.4 Å². The van der Waals surface area contributed by atoms with Crippen LogP contribution in [0.3, 0.4) is 0 Å². The summed E-state index contributed by atoms with van der Waals surface area (Å²) in [6, 6.07) is 10.6. The number of nitrogens with one attached hydrogen (secondary N) is 2. The molecule has 5 nitrogen and oxygen atoms in total. The number of hydrogen-bond donors (Lipinski definition) is 2. The van der Waals surface area contributed by atoms with E-state index in [9.17, 15) is 9.59 Å². The average Bonchev–Trinajstić information content (AvgIpc) is 2.80. The fourth-order valence-corrected chi connectivity index (χ4v) is 3.35. The second-order valence-corrected chi connectivity index (χ2v) is 7.19. The second-order valence-electron chi connectivity index (χ2n) is 6.35. The molecule has 0 saturated heterocycles. The van der Waals surface area contributed by atoms with E-state index in [-0.39, 0.29) is 11.8 Å². The third-order valence-electron chi connectivity index (χ3n) is 4.21. The van der Waals surface area contributed by atoms with Crippen LogP contribution >= 0.6 is 23.2 Å². The van der Waals surface area contributed by atoms with Crippen molar-refractivity contribution in [2.75, 3.05) is 17.2 Å². The van der Waals surface area contributed by atoms with Crippen LogP contribution in [0.2, 0.25) is 10.0 Å². The fourth-order valence-electron chi connectivity index (χ4n) is 2.88. The molecular weight excluding hydrogens is 387 g/mol. The molecule has 2 aromatic carbocycles. The standard InChI is InChI=1S/C20H20Cl2N2O3/c21-14-6-9-18(16(22)12-14)27-10-2-5-19(25)23-15-7-8-17-13(11-15)3-1-4-20(26)24-17/h6-9,11-12H,1-5,10H2,(H,23,25)(H,24,26). The Balaban J connectivity index is 1.47. The van der Waals surface area contributed by atoms with Crippen molar-refractivity contribution in [2.24, 2.45) is 0 Å². The summed E-state index contributed by atoms with van der Waals surface area (Å²) in [6.45, 7) is 0.380. The Labute approximate surface area is 168 Å². The Morgan fingerprint density at radius 3 is 2.81 bits per heavy atom. The number of ether oxygens (including phenoxy) is 1. The molecule has 1 aliphatic rings. The van der Waals surface area contributed by atoms with Crippen molar-refractivity contribution in [3.63, 3.8) is 0 Å². The smallest absolute Gasteiger partial charge is 0.224 e. The predicted molar refractivity (Wildman–Crippen MR) is 108 cm³/mol. The Hall–Kier alpha value is -2.24. The summed E-state index contributed by atoms with van der Waals surface area (Å²) in [4.78, 5) is 23.7. The van der Waals surface area contributed by atoms with Gasteiger partial charge in [-0.15, -0.1) is 0 Å². The van der Waals surface area contributed by atoms with Gasteiger partial charge in [0.25, 0.3) is 0 Å². The second kappa shape index (κ2) is 9.11. The maximum Gasteiger partial charge on any atom is 0.224 e. The van der Waals surface area contributed by atoms with E-state index in [1.54, 1.807) is 24.3 Å². The number of halogens is 2. The van der Waals surface area contributed by atoms with Gasteiger partial charge in [0.2, 0.25) is 11.8 Å². The summed E-state index contributed by atoms with van der Waals surface area (Å²) in [5, 5.41) is 6.77. The van der Waals surface area contributed by atoms with Gasteiger partial charge in [-0.3, -0.25) is 9.59 Å². The number of aryl methyl sites for hydroxylation is 1. The van der Waals surface area contributed by atoms with Gasteiger partial charge in [0.1, 0.15) is 5.75 Å². The Morgan fingerprint density at radius 1 is 1.15 bits per heavy atom. The van der Waals surface area contributed by atoms with Gasteiger partial charge in [-0.1, -0.05) is 23.2 Å². The third-order valence-corrected chi connectivity index (χ3v) is 4.74. The molecule has 0 fully saturated rings. The Bertz CT molecular complexity index is 855. The van der Waals surface area contributed by atoms with Crippen molar-refractivity contribution in [2.45, 2.75) is 32.1 Å². The molecule has 0 radical (unpaired) electrons. The highest BCUT2D eigenvalue weighted by Crippen LogP contribution is 2.28. The van der Waals surface area contributed by atoms with Crippen LogP contribution in [0.4, 0.5) is 11.4 Å².